The van der Waals surface area contributed by atoms with E-state index < -0.39 is 0 Å². The summed E-state index contributed by atoms with van der Waals surface area (Å²) < 4.78 is 0. The standard InChI is InChI=1S/C26H21N/c1-17-4-8-20(9-5-17)22-16-26-23-14-18(2)6-10-21(23)12-13-27(26)25-11-7-19(3)15-24(22)25/h4-11,14-16,26H,1-3H3. The van der Waals surface area contributed by atoms with Crippen LogP contribution in [-0.2, 0) is 0 Å². The Bertz CT molecular complexity index is 1150. The Morgan fingerprint density at radius 3 is 2.30 bits per heavy atom. The Labute approximate surface area is 161 Å². The molecule has 130 valence electrons. The minimum Gasteiger partial charge on any atom is -0.289 e. The number of nitrogens with zero attached hydrogens (tertiary/aromatic N) is 1. The highest BCUT2D eigenvalue weighted by molar-refractivity contribution is 5.91. The number of rotatable bonds is 1. The molecule has 1 heteroatoms. The van der Waals surface area contributed by atoms with Crippen LogP contribution in [0.5, 0.6) is 0 Å². The lowest BCUT2D eigenvalue weighted by molar-refractivity contribution is 0.839. The highest BCUT2D eigenvalue weighted by Gasteiger charge is 2.30. The second-order valence-electron chi connectivity index (χ2n) is 7.61. The van der Waals surface area contributed by atoms with Gasteiger partial charge in [0.2, 0.25) is 0 Å². The summed E-state index contributed by atoms with van der Waals surface area (Å²) in [5, 5.41) is 0. The summed E-state index contributed by atoms with van der Waals surface area (Å²) in [7, 11) is 0. The van der Waals surface area contributed by atoms with Crippen molar-refractivity contribution in [3.63, 3.8) is 0 Å². The average Bonchev–Trinajstić information content (AvgIpc) is 2.67. The molecule has 0 N–H and O–H groups in total. The monoisotopic (exact) mass is 347 g/mol. The van der Waals surface area contributed by atoms with Crippen LogP contribution in [0.1, 0.15) is 45.0 Å². The third-order valence-corrected chi connectivity index (χ3v) is 5.50. The second kappa shape index (κ2) is 5.89. The van der Waals surface area contributed by atoms with E-state index >= 15 is 0 Å². The number of anilines is 1. The van der Waals surface area contributed by atoms with E-state index in [1.54, 1.807) is 0 Å². The van der Waals surface area contributed by atoms with Gasteiger partial charge in [0.15, 0.2) is 0 Å². The maximum absolute atomic E-state index is 3.39. The van der Waals surface area contributed by atoms with E-state index in [1.807, 2.05) is 0 Å². The van der Waals surface area contributed by atoms with Crippen LogP contribution in [0.4, 0.5) is 5.69 Å². The zero-order valence-corrected chi connectivity index (χ0v) is 15.9. The number of hydrogen-bond donors (Lipinski definition) is 0. The van der Waals surface area contributed by atoms with Gasteiger partial charge in [-0.2, -0.15) is 0 Å². The highest BCUT2D eigenvalue weighted by Crippen LogP contribution is 2.44. The van der Waals surface area contributed by atoms with E-state index in [2.05, 4.69) is 104 Å². The van der Waals surface area contributed by atoms with Crippen molar-refractivity contribution in [1.82, 2.24) is 0 Å². The van der Waals surface area contributed by atoms with Gasteiger partial charge in [0.1, 0.15) is 0 Å². The minimum absolute atomic E-state index is 0.146. The first-order valence-electron chi connectivity index (χ1n) is 9.41. The second-order valence-corrected chi connectivity index (χ2v) is 7.61. The lowest BCUT2D eigenvalue weighted by Crippen LogP contribution is -2.29. The van der Waals surface area contributed by atoms with E-state index in [4.69, 9.17) is 0 Å². The fraction of sp³-hybridized carbons (Fsp3) is 0.154. The topological polar surface area (TPSA) is 3.24 Å². The fourth-order valence-corrected chi connectivity index (χ4v) is 4.05. The number of fused-ring (bicyclic) bond motifs is 5. The van der Waals surface area contributed by atoms with Gasteiger partial charge in [0.05, 0.1) is 11.7 Å². The summed E-state index contributed by atoms with van der Waals surface area (Å²) >= 11 is 0. The average molecular weight is 347 g/mol. The first kappa shape index (κ1) is 16.0. The van der Waals surface area contributed by atoms with E-state index in [-0.39, 0.29) is 6.04 Å². The number of benzene rings is 3. The predicted octanol–water partition coefficient (Wildman–Crippen LogP) is 5.93. The summed E-state index contributed by atoms with van der Waals surface area (Å²) in [6.45, 7) is 6.44. The smallest absolute Gasteiger partial charge is 0.0878 e. The molecule has 1 atom stereocenters. The zero-order valence-electron chi connectivity index (χ0n) is 15.9. The maximum Gasteiger partial charge on any atom is 0.0878 e. The third-order valence-electron chi connectivity index (χ3n) is 5.50. The van der Waals surface area contributed by atoms with Crippen LogP contribution < -0.4 is 4.90 Å². The van der Waals surface area contributed by atoms with Crippen molar-refractivity contribution in [3.05, 3.63) is 106 Å². The van der Waals surface area contributed by atoms with Gasteiger partial charge < -0.3 is 0 Å². The Hall–Kier alpha value is -3.24. The lowest BCUT2D eigenvalue weighted by atomic mass is 9.85. The van der Waals surface area contributed by atoms with E-state index in [1.165, 1.54) is 44.6 Å². The molecule has 3 aromatic carbocycles. The molecule has 0 saturated heterocycles. The summed E-state index contributed by atoms with van der Waals surface area (Å²) in [4.78, 5) is 2.23. The van der Waals surface area contributed by atoms with Gasteiger partial charge in [0.25, 0.3) is 0 Å². The van der Waals surface area contributed by atoms with E-state index in [0.717, 1.165) is 5.56 Å². The SMILES string of the molecule is Cc1ccc(C2=CC3c4cc(C)ccc4C#CN3c3ccc(C)cc32)cc1. The van der Waals surface area contributed by atoms with Crippen LogP contribution in [0.15, 0.2) is 66.7 Å². The van der Waals surface area contributed by atoms with Crippen LogP contribution in [0.3, 0.4) is 0 Å². The summed E-state index contributed by atoms with van der Waals surface area (Å²) in [6.07, 6.45) is 2.39. The zero-order chi connectivity index (χ0) is 18.5. The summed E-state index contributed by atoms with van der Waals surface area (Å²) in [5.41, 5.74) is 11.3. The van der Waals surface area contributed by atoms with E-state index in [0.29, 0.717) is 0 Å². The van der Waals surface area contributed by atoms with Crippen molar-refractivity contribution < 1.29 is 0 Å². The lowest BCUT2D eigenvalue weighted by Gasteiger charge is -2.36. The molecule has 0 bridgehead atoms. The molecule has 3 aromatic rings. The molecular weight excluding hydrogens is 326 g/mol. The minimum atomic E-state index is 0.146. The first-order chi connectivity index (χ1) is 13.1. The normalized spacial score (nSPS) is 16.5. The molecule has 2 aliphatic rings. The van der Waals surface area contributed by atoms with Crippen molar-refractivity contribution in [2.75, 3.05) is 4.90 Å². The van der Waals surface area contributed by atoms with Crippen molar-refractivity contribution in [2.45, 2.75) is 26.8 Å². The first-order valence-corrected chi connectivity index (χ1v) is 9.41. The molecule has 0 saturated carbocycles. The van der Waals surface area contributed by atoms with Gasteiger partial charge in [-0.05, 0) is 67.7 Å². The molecule has 0 aromatic heterocycles. The molecule has 2 heterocycles. The van der Waals surface area contributed by atoms with Crippen molar-refractivity contribution in [2.24, 2.45) is 0 Å². The molecule has 0 fully saturated rings. The number of hydrogen-bond acceptors (Lipinski definition) is 1. The molecule has 27 heavy (non-hydrogen) atoms. The quantitative estimate of drug-likeness (QED) is 0.493. The van der Waals surface area contributed by atoms with Crippen molar-refractivity contribution in [1.29, 1.82) is 0 Å². The van der Waals surface area contributed by atoms with Gasteiger partial charge in [0, 0.05) is 17.2 Å². The molecule has 0 aliphatic carbocycles. The van der Waals surface area contributed by atoms with E-state index in [9.17, 15) is 0 Å². The third kappa shape index (κ3) is 2.57. The van der Waals surface area contributed by atoms with Crippen molar-refractivity contribution >= 4 is 11.3 Å². The van der Waals surface area contributed by atoms with Gasteiger partial charge >= 0.3 is 0 Å². The van der Waals surface area contributed by atoms with Gasteiger partial charge in [-0.1, -0.05) is 59.2 Å². The Balaban J connectivity index is 1.77. The summed E-state index contributed by atoms with van der Waals surface area (Å²) in [6, 6.07) is 25.6. The van der Waals surface area contributed by atoms with Crippen LogP contribution in [-0.4, -0.2) is 0 Å². The molecule has 2 aliphatic heterocycles. The molecule has 0 spiro atoms. The van der Waals surface area contributed by atoms with Crippen LogP contribution in [0.25, 0.3) is 5.57 Å². The molecule has 0 radical (unpaired) electrons. The molecular formula is C26H21N. The predicted molar refractivity (Wildman–Crippen MR) is 113 cm³/mol. The van der Waals surface area contributed by atoms with Gasteiger partial charge in [-0.3, -0.25) is 4.90 Å². The van der Waals surface area contributed by atoms with Crippen molar-refractivity contribution in [3.8, 4) is 12.0 Å². The van der Waals surface area contributed by atoms with Gasteiger partial charge in [-0.15, -0.1) is 0 Å². The Kier molecular flexibility index (Phi) is 3.49. The summed E-state index contributed by atoms with van der Waals surface area (Å²) in [5.74, 6) is 3.35. The van der Waals surface area contributed by atoms with Crippen LogP contribution >= 0.6 is 0 Å². The Morgan fingerprint density at radius 2 is 1.48 bits per heavy atom. The number of aryl methyl sites for hydroxylation is 3. The molecule has 5 rings (SSSR count). The highest BCUT2D eigenvalue weighted by atomic mass is 15.2. The largest absolute Gasteiger partial charge is 0.289 e. The van der Waals surface area contributed by atoms with Crippen LogP contribution in [0, 0.1) is 32.7 Å². The Morgan fingerprint density at radius 1 is 0.778 bits per heavy atom. The van der Waals surface area contributed by atoms with Crippen LogP contribution in [0.2, 0.25) is 0 Å². The van der Waals surface area contributed by atoms with Gasteiger partial charge in [-0.25, -0.2) is 0 Å². The fourth-order valence-electron chi connectivity index (χ4n) is 4.05. The molecule has 0 amide bonds. The molecule has 1 nitrogen and oxygen atoms in total. The molecule has 1 unspecified atom stereocenters. The maximum atomic E-state index is 3.39.